The lowest BCUT2D eigenvalue weighted by Crippen LogP contribution is -2.45. The van der Waals surface area contributed by atoms with Crippen LogP contribution in [0.5, 0.6) is 0 Å². The molecule has 0 bridgehead atoms. The molecule has 88 valence electrons. The molecule has 0 atom stereocenters. The molecule has 0 spiro atoms. The number of benzene rings is 1. The molecule has 16 heavy (non-hydrogen) atoms. The van der Waals surface area contributed by atoms with Gasteiger partial charge >= 0.3 is 0 Å². The molecule has 1 aromatic rings. The third-order valence-corrected chi connectivity index (χ3v) is 3.61. The van der Waals surface area contributed by atoms with E-state index >= 15 is 0 Å². The maximum absolute atomic E-state index is 10.5. The molecule has 0 saturated carbocycles. The first-order chi connectivity index (χ1) is 7.72. The summed E-state index contributed by atoms with van der Waals surface area (Å²) in [5.74, 6) is 0. The summed E-state index contributed by atoms with van der Waals surface area (Å²) in [7, 11) is 0. The summed E-state index contributed by atoms with van der Waals surface area (Å²) in [4.78, 5) is 2.40. The smallest absolute Gasteiger partial charge is 0.0712 e. The molecule has 0 aromatic heterocycles. The number of aliphatic hydroxyl groups is 1. The molecule has 0 aliphatic carbocycles. The van der Waals surface area contributed by atoms with Gasteiger partial charge in [-0.05, 0) is 24.9 Å². The van der Waals surface area contributed by atoms with Crippen LogP contribution in [0.2, 0.25) is 0 Å². The summed E-state index contributed by atoms with van der Waals surface area (Å²) in [6, 6.07) is 10.3. The van der Waals surface area contributed by atoms with Crippen molar-refractivity contribution >= 4 is 0 Å². The molecule has 2 nitrogen and oxygen atoms in total. The van der Waals surface area contributed by atoms with Crippen molar-refractivity contribution in [2.24, 2.45) is 0 Å². The van der Waals surface area contributed by atoms with Crippen molar-refractivity contribution in [2.75, 3.05) is 19.6 Å². The normalized spacial score (nSPS) is 20.9. The van der Waals surface area contributed by atoms with Crippen molar-refractivity contribution in [2.45, 2.75) is 31.8 Å². The molecular formula is C14H21NO. The molecule has 0 amide bonds. The molecule has 2 heteroatoms. The fraction of sp³-hybridized carbons (Fsp3) is 0.571. The first kappa shape index (κ1) is 11.6. The molecule has 1 aliphatic heterocycles. The van der Waals surface area contributed by atoms with Gasteiger partial charge in [-0.1, -0.05) is 37.3 Å². The summed E-state index contributed by atoms with van der Waals surface area (Å²) >= 11 is 0. The molecular weight excluding hydrogens is 198 g/mol. The molecule has 0 radical (unpaired) electrons. The fourth-order valence-corrected chi connectivity index (χ4v) is 2.44. The van der Waals surface area contributed by atoms with Crippen LogP contribution in [0, 0.1) is 0 Å². The Hall–Kier alpha value is -0.860. The van der Waals surface area contributed by atoms with Gasteiger partial charge in [0.05, 0.1) is 5.60 Å². The van der Waals surface area contributed by atoms with Gasteiger partial charge in [0, 0.05) is 19.5 Å². The van der Waals surface area contributed by atoms with Gasteiger partial charge in [0.25, 0.3) is 0 Å². The van der Waals surface area contributed by atoms with Gasteiger partial charge in [-0.15, -0.1) is 0 Å². The van der Waals surface area contributed by atoms with E-state index in [-0.39, 0.29) is 0 Å². The number of rotatable bonds is 3. The summed E-state index contributed by atoms with van der Waals surface area (Å²) in [5.41, 5.74) is 0.766. The average Bonchev–Trinajstić information content (AvgIpc) is 2.31. The van der Waals surface area contributed by atoms with Crippen molar-refractivity contribution < 1.29 is 5.11 Å². The van der Waals surface area contributed by atoms with Crippen LogP contribution >= 0.6 is 0 Å². The molecule has 1 N–H and O–H groups in total. The van der Waals surface area contributed by atoms with Crippen molar-refractivity contribution in [1.29, 1.82) is 0 Å². The number of hydrogen-bond donors (Lipinski definition) is 1. The third-order valence-electron chi connectivity index (χ3n) is 3.61. The van der Waals surface area contributed by atoms with Crippen LogP contribution < -0.4 is 0 Å². The van der Waals surface area contributed by atoms with Gasteiger partial charge in [-0.25, -0.2) is 0 Å². The Kier molecular flexibility index (Phi) is 3.62. The highest BCUT2D eigenvalue weighted by molar-refractivity contribution is 5.17. The lowest BCUT2D eigenvalue weighted by Gasteiger charge is -2.37. The molecule has 1 saturated heterocycles. The Balaban J connectivity index is 1.95. The quantitative estimate of drug-likeness (QED) is 0.841. The van der Waals surface area contributed by atoms with Gasteiger partial charge in [0.2, 0.25) is 0 Å². The number of nitrogens with zero attached hydrogens (tertiary/aromatic N) is 1. The van der Waals surface area contributed by atoms with E-state index in [9.17, 15) is 5.11 Å². The van der Waals surface area contributed by atoms with Crippen molar-refractivity contribution in [3.8, 4) is 0 Å². The van der Waals surface area contributed by atoms with E-state index in [1.807, 2.05) is 18.2 Å². The van der Waals surface area contributed by atoms with Crippen molar-refractivity contribution in [3.05, 3.63) is 35.9 Å². The Morgan fingerprint density at radius 3 is 2.38 bits per heavy atom. The largest absolute Gasteiger partial charge is 0.389 e. The maximum atomic E-state index is 10.5. The van der Waals surface area contributed by atoms with Crippen molar-refractivity contribution in [3.63, 3.8) is 0 Å². The zero-order valence-electron chi connectivity index (χ0n) is 10.0. The predicted octanol–water partition coefficient (Wildman–Crippen LogP) is 2.08. The predicted molar refractivity (Wildman–Crippen MR) is 66.4 cm³/mol. The number of hydrogen-bond acceptors (Lipinski definition) is 2. The van der Waals surface area contributed by atoms with Gasteiger partial charge < -0.3 is 10.0 Å². The van der Waals surface area contributed by atoms with Gasteiger partial charge in [0.1, 0.15) is 0 Å². The highest BCUT2D eigenvalue weighted by Crippen LogP contribution is 2.26. The van der Waals surface area contributed by atoms with Gasteiger partial charge in [0.15, 0.2) is 0 Å². The summed E-state index contributed by atoms with van der Waals surface area (Å²) in [5, 5.41) is 10.5. The lowest BCUT2D eigenvalue weighted by molar-refractivity contribution is -0.0194. The SMILES string of the molecule is CCN1CCC(O)(Cc2ccccc2)CC1. The fourth-order valence-electron chi connectivity index (χ4n) is 2.44. The zero-order valence-corrected chi connectivity index (χ0v) is 10.0. The second kappa shape index (κ2) is 4.98. The minimum Gasteiger partial charge on any atom is -0.389 e. The first-order valence-electron chi connectivity index (χ1n) is 6.20. The lowest BCUT2D eigenvalue weighted by atomic mass is 9.85. The van der Waals surface area contributed by atoms with E-state index in [1.54, 1.807) is 0 Å². The Labute approximate surface area is 97.9 Å². The monoisotopic (exact) mass is 219 g/mol. The van der Waals surface area contributed by atoms with E-state index < -0.39 is 5.60 Å². The highest BCUT2D eigenvalue weighted by atomic mass is 16.3. The molecule has 1 heterocycles. The standard InChI is InChI=1S/C14H21NO/c1-2-15-10-8-14(16,9-11-15)12-13-6-4-3-5-7-13/h3-7,16H,2,8-12H2,1H3. The van der Waals surface area contributed by atoms with Crippen molar-refractivity contribution in [1.82, 2.24) is 4.90 Å². The Bertz CT molecular complexity index is 315. The second-order valence-corrected chi connectivity index (χ2v) is 4.82. The molecule has 1 aromatic carbocycles. The number of likely N-dealkylation sites (tertiary alicyclic amines) is 1. The minimum absolute atomic E-state index is 0.479. The van der Waals surface area contributed by atoms with Gasteiger partial charge in [-0.2, -0.15) is 0 Å². The van der Waals surface area contributed by atoms with Crippen LogP contribution in [0.1, 0.15) is 25.3 Å². The van der Waals surface area contributed by atoms with E-state index in [4.69, 9.17) is 0 Å². The molecule has 2 rings (SSSR count). The van der Waals surface area contributed by atoms with Crippen LogP contribution in [0.25, 0.3) is 0 Å². The number of piperidine rings is 1. The summed E-state index contributed by atoms with van der Waals surface area (Å²) < 4.78 is 0. The van der Waals surface area contributed by atoms with Gasteiger partial charge in [-0.3, -0.25) is 0 Å². The van der Waals surface area contributed by atoms with Crippen LogP contribution in [0.4, 0.5) is 0 Å². The molecule has 0 unspecified atom stereocenters. The third kappa shape index (κ3) is 2.83. The summed E-state index contributed by atoms with van der Waals surface area (Å²) in [6.07, 6.45) is 2.59. The minimum atomic E-state index is -0.479. The van der Waals surface area contributed by atoms with E-state index in [0.29, 0.717) is 0 Å². The average molecular weight is 219 g/mol. The van der Waals surface area contributed by atoms with Crippen LogP contribution in [-0.4, -0.2) is 35.2 Å². The first-order valence-corrected chi connectivity index (χ1v) is 6.20. The van der Waals surface area contributed by atoms with E-state index in [2.05, 4.69) is 24.0 Å². The van der Waals surface area contributed by atoms with Crippen LogP contribution in [0.3, 0.4) is 0 Å². The zero-order chi connectivity index (χ0) is 11.4. The second-order valence-electron chi connectivity index (χ2n) is 4.82. The summed E-state index contributed by atoms with van der Waals surface area (Å²) in [6.45, 7) is 5.34. The Morgan fingerprint density at radius 1 is 1.19 bits per heavy atom. The highest BCUT2D eigenvalue weighted by Gasteiger charge is 2.31. The van der Waals surface area contributed by atoms with Crippen LogP contribution in [-0.2, 0) is 6.42 Å². The maximum Gasteiger partial charge on any atom is 0.0712 e. The Morgan fingerprint density at radius 2 is 1.81 bits per heavy atom. The topological polar surface area (TPSA) is 23.5 Å². The van der Waals surface area contributed by atoms with E-state index in [0.717, 1.165) is 38.9 Å². The van der Waals surface area contributed by atoms with E-state index in [1.165, 1.54) is 5.56 Å². The molecule has 1 aliphatic rings. The molecule has 1 fully saturated rings. The van der Waals surface area contributed by atoms with Crippen LogP contribution in [0.15, 0.2) is 30.3 Å².